The highest BCUT2D eigenvalue weighted by molar-refractivity contribution is 5.98. The third kappa shape index (κ3) is 3.62. The summed E-state index contributed by atoms with van der Waals surface area (Å²) in [5.74, 6) is -0.823. The van der Waals surface area contributed by atoms with E-state index < -0.39 is 5.97 Å². The van der Waals surface area contributed by atoms with Crippen molar-refractivity contribution in [1.82, 2.24) is 4.90 Å². The number of carboxylic acids is 1. The van der Waals surface area contributed by atoms with E-state index in [1.54, 1.807) is 18.2 Å². The van der Waals surface area contributed by atoms with Crippen molar-refractivity contribution in [2.45, 2.75) is 6.42 Å². The van der Waals surface area contributed by atoms with Crippen LogP contribution in [0.1, 0.15) is 15.9 Å². The number of rotatable bonds is 6. The molecule has 0 fully saturated rings. The first-order valence-corrected chi connectivity index (χ1v) is 6.80. The van der Waals surface area contributed by atoms with Crippen LogP contribution in [0, 0.1) is 0 Å². The second kappa shape index (κ2) is 7.04. The predicted molar refractivity (Wildman–Crippen MR) is 77.4 cm³/mol. The zero-order chi connectivity index (χ0) is 16.1. The Labute approximate surface area is 127 Å². The normalized spacial score (nSPS) is 14.7. The largest absolute Gasteiger partial charge is 0.489 e. The molecule has 0 unspecified atom stereocenters. The summed E-state index contributed by atoms with van der Waals surface area (Å²) < 4.78 is 17.8. The Morgan fingerprint density at radius 3 is 2.91 bits per heavy atom. The fourth-order valence-electron chi connectivity index (χ4n) is 2.23. The Balaban J connectivity index is 2.10. The Morgan fingerprint density at radius 1 is 1.50 bits per heavy atom. The molecular formula is C15H17FN2O4. The Hall–Kier alpha value is -2.41. The van der Waals surface area contributed by atoms with Gasteiger partial charge in [-0.1, -0.05) is 0 Å². The summed E-state index contributed by atoms with van der Waals surface area (Å²) in [5, 5.41) is 8.78. The van der Waals surface area contributed by atoms with E-state index in [1.165, 1.54) is 4.90 Å². The van der Waals surface area contributed by atoms with Crippen LogP contribution in [0.3, 0.4) is 0 Å². The number of hydrogen-bond donors (Lipinski definition) is 2. The molecule has 3 N–H and O–H groups in total. The average Bonchev–Trinajstić information content (AvgIpc) is 2.51. The minimum atomic E-state index is -1.04. The monoisotopic (exact) mass is 308 g/mol. The molecule has 1 aliphatic rings. The van der Waals surface area contributed by atoms with Gasteiger partial charge in [0.2, 0.25) is 0 Å². The van der Waals surface area contributed by atoms with Crippen LogP contribution < -0.4 is 10.5 Å². The van der Waals surface area contributed by atoms with Gasteiger partial charge in [0.15, 0.2) is 0 Å². The van der Waals surface area contributed by atoms with Gasteiger partial charge in [-0.15, -0.1) is 0 Å². The third-order valence-corrected chi connectivity index (χ3v) is 3.41. The first-order valence-electron chi connectivity index (χ1n) is 6.80. The summed E-state index contributed by atoms with van der Waals surface area (Å²) in [6.07, 6.45) is 0.972. The fourth-order valence-corrected chi connectivity index (χ4v) is 2.23. The van der Waals surface area contributed by atoms with Crippen molar-refractivity contribution < 1.29 is 23.8 Å². The maximum absolute atomic E-state index is 12.4. The minimum absolute atomic E-state index is 0.0465. The van der Waals surface area contributed by atoms with Gasteiger partial charge in [-0.2, -0.15) is 0 Å². The number of hydrogen-bond acceptors (Lipinski definition) is 4. The maximum Gasteiger partial charge on any atom is 0.323 e. The van der Waals surface area contributed by atoms with Crippen molar-refractivity contribution >= 4 is 11.9 Å². The number of fused-ring (bicyclic) bond motifs is 1. The van der Waals surface area contributed by atoms with E-state index >= 15 is 0 Å². The van der Waals surface area contributed by atoms with Gasteiger partial charge in [0.05, 0.1) is 6.33 Å². The molecule has 1 aromatic rings. The molecule has 0 aromatic heterocycles. The van der Waals surface area contributed by atoms with Crippen LogP contribution in [0.4, 0.5) is 4.39 Å². The number of nitrogens with zero attached hydrogens (tertiary/aromatic N) is 1. The minimum Gasteiger partial charge on any atom is -0.489 e. The van der Waals surface area contributed by atoms with Gasteiger partial charge in [-0.25, -0.2) is 4.39 Å². The highest BCUT2D eigenvalue weighted by atomic mass is 19.1. The van der Waals surface area contributed by atoms with E-state index in [2.05, 4.69) is 0 Å². The van der Waals surface area contributed by atoms with Crippen molar-refractivity contribution in [1.29, 1.82) is 0 Å². The SMILES string of the molecule is NC/C(=C/F)COc1ccc2c(c1)CCN(CC(=O)O)C2=O. The van der Waals surface area contributed by atoms with Crippen LogP contribution in [-0.4, -0.2) is 48.1 Å². The van der Waals surface area contributed by atoms with E-state index in [0.717, 1.165) is 5.56 Å². The lowest BCUT2D eigenvalue weighted by atomic mass is 9.98. The number of aliphatic carboxylic acids is 1. The molecule has 7 heteroatoms. The van der Waals surface area contributed by atoms with Crippen molar-refractivity contribution in [3.05, 3.63) is 41.2 Å². The summed E-state index contributed by atoms with van der Waals surface area (Å²) in [7, 11) is 0. The number of carbonyl (C=O) groups excluding carboxylic acids is 1. The summed E-state index contributed by atoms with van der Waals surface area (Å²) in [6, 6.07) is 4.92. The second-order valence-electron chi connectivity index (χ2n) is 4.95. The molecule has 0 radical (unpaired) electrons. The van der Waals surface area contributed by atoms with E-state index in [0.29, 0.717) is 36.2 Å². The molecule has 1 amide bonds. The topological polar surface area (TPSA) is 92.9 Å². The van der Waals surface area contributed by atoms with Crippen molar-refractivity contribution in [3.63, 3.8) is 0 Å². The lowest BCUT2D eigenvalue weighted by molar-refractivity contribution is -0.137. The molecule has 6 nitrogen and oxygen atoms in total. The molecule has 0 atom stereocenters. The summed E-state index contributed by atoms with van der Waals surface area (Å²) >= 11 is 0. The van der Waals surface area contributed by atoms with E-state index in [9.17, 15) is 14.0 Å². The molecule has 1 aliphatic heterocycles. The number of ether oxygens (including phenoxy) is 1. The zero-order valence-electron chi connectivity index (χ0n) is 11.9. The molecule has 1 aromatic carbocycles. The lowest BCUT2D eigenvalue weighted by Crippen LogP contribution is -2.40. The average molecular weight is 308 g/mol. The summed E-state index contributed by atoms with van der Waals surface area (Å²) in [4.78, 5) is 24.2. The second-order valence-corrected chi connectivity index (χ2v) is 4.95. The maximum atomic E-state index is 12.4. The molecule has 1 heterocycles. The highest BCUT2D eigenvalue weighted by Crippen LogP contribution is 2.24. The molecular weight excluding hydrogens is 291 g/mol. The molecule has 0 saturated heterocycles. The van der Waals surface area contributed by atoms with Crippen LogP contribution >= 0.6 is 0 Å². The predicted octanol–water partition coefficient (Wildman–Crippen LogP) is 0.960. The number of benzene rings is 1. The Bertz CT molecular complexity index is 616. The Kier molecular flexibility index (Phi) is 5.11. The molecule has 22 heavy (non-hydrogen) atoms. The summed E-state index contributed by atoms with van der Waals surface area (Å²) in [5.41, 5.74) is 6.95. The lowest BCUT2D eigenvalue weighted by Gasteiger charge is -2.27. The van der Waals surface area contributed by atoms with Crippen LogP contribution in [0.25, 0.3) is 0 Å². The van der Waals surface area contributed by atoms with Gasteiger partial charge in [0, 0.05) is 24.2 Å². The molecule has 0 bridgehead atoms. The number of halogens is 1. The Morgan fingerprint density at radius 2 is 2.27 bits per heavy atom. The number of nitrogens with two attached hydrogens (primary N) is 1. The standard InChI is InChI=1S/C15H17FN2O4/c16-6-10(7-17)9-22-12-1-2-13-11(5-12)3-4-18(15(13)21)8-14(19)20/h1-2,5-6H,3-4,7-9,17H2,(H,19,20)/b10-6-. The van der Waals surface area contributed by atoms with Gasteiger partial charge in [0.1, 0.15) is 18.9 Å². The molecule has 118 valence electrons. The molecule has 0 aliphatic carbocycles. The molecule has 0 saturated carbocycles. The van der Waals surface area contributed by atoms with Crippen molar-refractivity contribution in [2.24, 2.45) is 5.73 Å². The number of carbonyl (C=O) groups is 2. The van der Waals surface area contributed by atoms with Crippen LogP contribution in [-0.2, 0) is 11.2 Å². The van der Waals surface area contributed by atoms with Crippen molar-refractivity contribution in [2.75, 3.05) is 26.2 Å². The van der Waals surface area contributed by atoms with Crippen LogP contribution in [0.5, 0.6) is 5.75 Å². The zero-order valence-corrected chi connectivity index (χ0v) is 11.9. The quantitative estimate of drug-likeness (QED) is 0.816. The first kappa shape index (κ1) is 16.0. The highest BCUT2D eigenvalue weighted by Gasteiger charge is 2.25. The van der Waals surface area contributed by atoms with Gasteiger partial charge in [-0.3, -0.25) is 9.59 Å². The van der Waals surface area contributed by atoms with Gasteiger partial charge in [0.25, 0.3) is 5.91 Å². The fraction of sp³-hybridized carbons (Fsp3) is 0.333. The van der Waals surface area contributed by atoms with Gasteiger partial charge < -0.3 is 20.5 Å². The number of amides is 1. The van der Waals surface area contributed by atoms with Crippen LogP contribution in [0.2, 0.25) is 0 Å². The summed E-state index contributed by atoms with van der Waals surface area (Å²) in [6.45, 7) is 0.159. The number of carboxylic acid groups (broad SMARTS) is 1. The third-order valence-electron chi connectivity index (χ3n) is 3.41. The van der Waals surface area contributed by atoms with Gasteiger partial charge >= 0.3 is 5.97 Å². The van der Waals surface area contributed by atoms with E-state index in [-0.39, 0.29) is 25.6 Å². The smallest absolute Gasteiger partial charge is 0.323 e. The first-order chi connectivity index (χ1) is 10.5. The molecule has 0 spiro atoms. The van der Waals surface area contributed by atoms with Crippen molar-refractivity contribution in [3.8, 4) is 5.75 Å². The van der Waals surface area contributed by atoms with E-state index in [1.807, 2.05) is 0 Å². The van der Waals surface area contributed by atoms with E-state index in [4.69, 9.17) is 15.6 Å². The molecule has 2 rings (SSSR count). The van der Waals surface area contributed by atoms with Crippen LogP contribution in [0.15, 0.2) is 30.1 Å². The van der Waals surface area contributed by atoms with Gasteiger partial charge in [-0.05, 0) is 30.2 Å².